The summed E-state index contributed by atoms with van der Waals surface area (Å²) in [6, 6.07) is 4.73. The lowest BCUT2D eigenvalue weighted by Gasteiger charge is -2.27. The summed E-state index contributed by atoms with van der Waals surface area (Å²) in [5, 5.41) is 14.4. The molecule has 9 heteroatoms. The van der Waals surface area contributed by atoms with Crippen molar-refractivity contribution in [3.05, 3.63) is 42.0 Å². The average Bonchev–Trinajstić information content (AvgIpc) is 3.34. The number of amides is 1. The van der Waals surface area contributed by atoms with Gasteiger partial charge in [-0.15, -0.1) is 0 Å². The number of halogens is 3. The Morgan fingerprint density at radius 1 is 1.29 bits per heavy atom. The first-order valence-corrected chi connectivity index (χ1v) is 10.1. The van der Waals surface area contributed by atoms with Gasteiger partial charge >= 0.3 is 6.18 Å². The number of alkyl halides is 3. The van der Waals surface area contributed by atoms with E-state index in [1.165, 1.54) is 30.5 Å². The highest BCUT2D eigenvalue weighted by atomic mass is 19.4. The van der Waals surface area contributed by atoms with Gasteiger partial charge in [0, 0.05) is 12.5 Å². The zero-order valence-corrected chi connectivity index (χ0v) is 17.6. The number of benzene rings is 1. The minimum atomic E-state index is -4.68. The molecule has 31 heavy (non-hydrogen) atoms. The fraction of sp³-hybridized carbons (Fsp3) is 0.500. The number of oxazole rings is 1. The number of nitriles is 1. The molecular weight excluding hydrogens is 409 g/mol. The molecule has 2 N–H and O–H groups in total. The van der Waals surface area contributed by atoms with Gasteiger partial charge in [0.1, 0.15) is 17.5 Å². The molecule has 1 saturated carbocycles. The van der Waals surface area contributed by atoms with Crippen LogP contribution >= 0.6 is 0 Å². The predicted molar refractivity (Wildman–Crippen MR) is 108 cm³/mol. The molecule has 166 valence electrons. The van der Waals surface area contributed by atoms with E-state index in [1.54, 1.807) is 6.92 Å². The first kappa shape index (κ1) is 22.8. The second-order valence-corrected chi connectivity index (χ2v) is 8.38. The minimum Gasteiger partial charge on any atom is -0.449 e. The molecule has 1 heterocycles. The zero-order valence-electron chi connectivity index (χ0n) is 17.6. The van der Waals surface area contributed by atoms with Crippen molar-refractivity contribution in [2.75, 3.05) is 0 Å². The van der Waals surface area contributed by atoms with Crippen molar-refractivity contribution in [1.29, 1.82) is 5.26 Å². The maximum Gasteiger partial charge on any atom is 0.412 e. The van der Waals surface area contributed by atoms with Crippen molar-refractivity contribution in [3.8, 4) is 17.3 Å². The van der Waals surface area contributed by atoms with E-state index >= 15 is 0 Å². The smallest absolute Gasteiger partial charge is 0.412 e. The topological polar surface area (TPSA) is 91.0 Å². The van der Waals surface area contributed by atoms with Gasteiger partial charge in [0.25, 0.3) is 0 Å². The summed E-state index contributed by atoms with van der Waals surface area (Å²) in [7, 11) is 0. The third-order valence-corrected chi connectivity index (χ3v) is 5.21. The first-order valence-electron chi connectivity index (χ1n) is 10.1. The van der Waals surface area contributed by atoms with Gasteiger partial charge in [0.05, 0.1) is 12.1 Å². The van der Waals surface area contributed by atoms with Crippen LogP contribution in [0.1, 0.15) is 50.6 Å². The Kier molecular flexibility index (Phi) is 6.41. The Bertz CT molecular complexity index is 956. The van der Waals surface area contributed by atoms with Crippen LogP contribution in [0.15, 0.2) is 34.9 Å². The Morgan fingerprint density at radius 3 is 2.39 bits per heavy atom. The molecule has 6 nitrogen and oxygen atoms in total. The van der Waals surface area contributed by atoms with Crippen molar-refractivity contribution >= 4 is 5.91 Å². The lowest BCUT2D eigenvalue weighted by Crippen LogP contribution is -2.52. The number of rotatable bonds is 8. The fourth-order valence-corrected chi connectivity index (χ4v) is 3.39. The highest BCUT2D eigenvalue weighted by Crippen LogP contribution is 2.36. The molecule has 1 fully saturated rings. The van der Waals surface area contributed by atoms with E-state index in [2.05, 4.69) is 21.7 Å². The molecule has 0 bridgehead atoms. The van der Waals surface area contributed by atoms with E-state index < -0.39 is 29.7 Å². The number of nitrogens with zero attached hydrogens (tertiary/aromatic N) is 2. The summed E-state index contributed by atoms with van der Waals surface area (Å²) < 4.78 is 46.6. The van der Waals surface area contributed by atoms with Crippen LogP contribution in [-0.4, -0.2) is 28.6 Å². The maximum atomic E-state index is 13.8. The number of carbonyl (C=O) groups excluding carboxylic acids is 1. The summed E-state index contributed by atoms with van der Waals surface area (Å²) in [5.41, 5.74) is 0.220. The lowest BCUT2D eigenvalue weighted by molar-refractivity contribution is -0.164. The number of hydrogen-bond acceptors (Lipinski definition) is 5. The summed E-state index contributed by atoms with van der Waals surface area (Å²) >= 11 is 0. The van der Waals surface area contributed by atoms with Gasteiger partial charge in [-0.25, -0.2) is 4.98 Å². The van der Waals surface area contributed by atoms with Crippen molar-refractivity contribution in [2.24, 2.45) is 5.92 Å². The van der Waals surface area contributed by atoms with E-state index in [9.17, 15) is 23.2 Å². The quantitative estimate of drug-likeness (QED) is 0.641. The molecular formula is C22H25F3N4O2. The van der Waals surface area contributed by atoms with Crippen LogP contribution in [0.3, 0.4) is 0 Å². The number of carbonyl (C=O) groups is 1. The molecule has 0 radical (unpaired) electrons. The molecule has 0 aliphatic heterocycles. The molecule has 0 saturated heterocycles. The molecule has 1 aromatic heterocycles. The monoisotopic (exact) mass is 434 g/mol. The molecule has 1 aliphatic rings. The maximum absolute atomic E-state index is 13.8. The van der Waals surface area contributed by atoms with Crippen LogP contribution < -0.4 is 10.6 Å². The van der Waals surface area contributed by atoms with Crippen LogP contribution in [-0.2, 0) is 4.79 Å². The molecule has 1 aromatic carbocycles. The predicted octanol–water partition coefficient (Wildman–Crippen LogP) is 4.43. The van der Waals surface area contributed by atoms with Crippen LogP contribution in [0.25, 0.3) is 11.3 Å². The average molecular weight is 434 g/mol. The zero-order chi connectivity index (χ0) is 22.8. The number of aryl methyl sites for hydroxylation is 1. The van der Waals surface area contributed by atoms with Gasteiger partial charge < -0.3 is 9.73 Å². The van der Waals surface area contributed by atoms with Crippen LogP contribution in [0, 0.1) is 24.2 Å². The third kappa shape index (κ3) is 5.64. The SMILES string of the molecule is Cc1nc(-c2ccc([C@H](NC(=O)[C@H](CC(C)C)NC3(C#N)CC3)C(F)(F)F)cc2)co1. The second-order valence-electron chi connectivity index (χ2n) is 8.38. The van der Waals surface area contributed by atoms with Gasteiger partial charge in [-0.05, 0) is 30.7 Å². The Labute approximate surface area is 178 Å². The molecule has 3 rings (SSSR count). The molecule has 0 spiro atoms. The van der Waals surface area contributed by atoms with E-state index in [0.717, 1.165) is 0 Å². The summed E-state index contributed by atoms with van der Waals surface area (Å²) in [6.45, 7) is 5.42. The molecule has 1 aliphatic carbocycles. The first-order chi connectivity index (χ1) is 14.5. The summed E-state index contributed by atoms with van der Waals surface area (Å²) in [4.78, 5) is 17.0. The van der Waals surface area contributed by atoms with Crippen LogP contribution in [0.2, 0.25) is 0 Å². The van der Waals surface area contributed by atoms with E-state index in [4.69, 9.17) is 4.42 Å². The third-order valence-electron chi connectivity index (χ3n) is 5.21. The molecule has 2 aromatic rings. The Hall–Kier alpha value is -2.86. The molecule has 0 unspecified atom stereocenters. The molecule has 2 atom stereocenters. The normalized spacial score (nSPS) is 17.1. The van der Waals surface area contributed by atoms with Crippen LogP contribution in [0.4, 0.5) is 13.2 Å². The van der Waals surface area contributed by atoms with E-state index in [0.29, 0.717) is 36.4 Å². The number of nitrogens with one attached hydrogen (secondary N) is 2. The largest absolute Gasteiger partial charge is 0.449 e. The molecule has 1 amide bonds. The summed E-state index contributed by atoms with van der Waals surface area (Å²) in [5.74, 6) is -0.255. The van der Waals surface area contributed by atoms with Gasteiger partial charge in [-0.2, -0.15) is 18.4 Å². The minimum absolute atomic E-state index is 0.0623. The summed E-state index contributed by atoms with van der Waals surface area (Å²) in [6.07, 6.45) is -1.77. The van der Waals surface area contributed by atoms with Crippen molar-refractivity contribution in [2.45, 2.75) is 63.8 Å². The van der Waals surface area contributed by atoms with Gasteiger partial charge in [0.2, 0.25) is 5.91 Å². The Balaban J connectivity index is 1.80. The van der Waals surface area contributed by atoms with E-state index in [1.807, 2.05) is 13.8 Å². The highest BCUT2D eigenvalue weighted by Gasteiger charge is 2.47. The lowest BCUT2D eigenvalue weighted by atomic mass is 9.99. The number of hydrogen-bond donors (Lipinski definition) is 2. The van der Waals surface area contributed by atoms with Crippen molar-refractivity contribution < 1.29 is 22.4 Å². The highest BCUT2D eigenvalue weighted by molar-refractivity contribution is 5.82. The Morgan fingerprint density at radius 2 is 1.94 bits per heavy atom. The number of aromatic nitrogens is 1. The van der Waals surface area contributed by atoms with Gasteiger partial charge in [-0.1, -0.05) is 38.1 Å². The van der Waals surface area contributed by atoms with Crippen LogP contribution in [0.5, 0.6) is 0 Å². The van der Waals surface area contributed by atoms with Gasteiger partial charge in [0.15, 0.2) is 11.9 Å². The standard InChI is InChI=1S/C22H25F3N4O2/c1-13(2)10-17(29-21(12-26)8-9-21)20(30)28-19(22(23,24)25)16-6-4-15(5-7-16)18-11-31-14(3)27-18/h4-7,11,13,17,19,29H,8-10H2,1-3H3,(H,28,30)/t17-,19-/m0/s1. The fourth-order valence-electron chi connectivity index (χ4n) is 3.39. The van der Waals surface area contributed by atoms with Gasteiger partial charge in [-0.3, -0.25) is 10.1 Å². The van der Waals surface area contributed by atoms with Crippen molar-refractivity contribution in [3.63, 3.8) is 0 Å². The van der Waals surface area contributed by atoms with E-state index in [-0.39, 0.29) is 11.5 Å². The van der Waals surface area contributed by atoms with Crippen molar-refractivity contribution in [1.82, 2.24) is 15.6 Å². The second kappa shape index (κ2) is 8.71.